The van der Waals surface area contributed by atoms with Crippen LogP contribution in [0.3, 0.4) is 0 Å². The highest BCUT2D eigenvalue weighted by atomic mass is 14.0. The van der Waals surface area contributed by atoms with Crippen molar-refractivity contribution < 1.29 is 0 Å². The van der Waals surface area contributed by atoms with Crippen LogP contribution < -0.4 is 0 Å². The smallest absolute Gasteiger partial charge is 0.0392 e. The zero-order valence-corrected chi connectivity index (χ0v) is 13.4. The van der Waals surface area contributed by atoms with Gasteiger partial charge < -0.3 is 0 Å². The van der Waals surface area contributed by atoms with E-state index in [-0.39, 0.29) is 14.9 Å². The molecule has 0 amide bonds. The van der Waals surface area contributed by atoms with Gasteiger partial charge in [-0.25, -0.2) is 0 Å². The number of benzene rings is 2. The normalized spacial score (nSPS) is 8.90. The molecule has 2 aromatic rings. The Kier molecular flexibility index (Phi) is 9.72. The molecule has 0 N–H and O–H groups in total. The minimum Gasteiger partial charge on any atom is -0.0776 e. The van der Waals surface area contributed by atoms with Crippen LogP contribution in [0, 0.1) is 48.5 Å². The molecule has 0 aliphatic carbocycles. The number of rotatable bonds is 0. The summed E-state index contributed by atoms with van der Waals surface area (Å²) in [7, 11) is 0. The summed E-state index contributed by atoms with van der Waals surface area (Å²) < 4.78 is 0. The van der Waals surface area contributed by atoms with Crippen LogP contribution in [-0.2, 0) is 0 Å². The third-order valence-electron chi connectivity index (χ3n) is 3.73. The van der Waals surface area contributed by atoms with E-state index < -0.39 is 0 Å². The Morgan fingerprint density at radius 2 is 0.905 bits per heavy atom. The second-order valence-corrected chi connectivity index (χ2v) is 5.61. The Bertz CT molecular complexity index is 539. The summed E-state index contributed by atoms with van der Waals surface area (Å²) in [4.78, 5) is 0. The summed E-state index contributed by atoms with van der Waals surface area (Å²) in [5.41, 5.74) is 9.69. The highest BCUT2D eigenvalue weighted by Gasteiger charge is 1.96. The van der Waals surface area contributed by atoms with E-state index >= 15 is 0 Å². The molecule has 0 atom stereocenters. The Hall–Kier alpha value is -1.56. The summed E-state index contributed by atoms with van der Waals surface area (Å²) >= 11 is 0. The number of aryl methyl sites for hydroxylation is 6. The molecule has 0 saturated heterocycles. The lowest BCUT2D eigenvalue weighted by molar-refractivity contribution is 1.23. The summed E-state index contributed by atoms with van der Waals surface area (Å²) in [6.45, 7) is 15.0. The Morgan fingerprint density at radius 1 is 0.476 bits per heavy atom. The fraction of sp³-hybridized carbons (Fsp3) is 0.429. The third kappa shape index (κ3) is 6.62. The molecule has 21 heavy (non-hydrogen) atoms. The third-order valence-corrected chi connectivity index (χ3v) is 3.73. The van der Waals surface area contributed by atoms with Gasteiger partial charge >= 0.3 is 0 Å². The number of hydrogen-bond donors (Lipinski definition) is 0. The molecule has 0 unspecified atom stereocenters. The van der Waals surface area contributed by atoms with Gasteiger partial charge in [-0.15, -0.1) is 0 Å². The minimum atomic E-state index is 0. The van der Waals surface area contributed by atoms with Crippen molar-refractivity contribution in [1.29, 1.82) is 0 Å². The fourth-order valence-electron chi connectivity index (χ4n) is 2.14. The lowest BCUT2D eigenvalue weighted by Gasteiger charge is -2.04. The summed E-state index contributed by atoms with van der Waals surface area (Å²) in [6.07, 6.45) is 0. The monoisotopic (exact) mass is 286 g/mol. The highest BCUT2D eigenvalue weighted by molar-refractivity contribution is 5.36. The van der Waals surface area contributed by atoms with Gasteiger partial charge in [0, 0.05) is 0 Å². The Labute approximate surface area is 133 Å². The van der Waals surface area contributed by atoms with E-state index in [1.165, 1.54) is 38.9 Å². The maximum absolute atomic E-state index is 2.22. The van der Waals surface area contributed by atoms with E-state index in [1.54, 1.807) is 0 Å². The predicted octanol–water partition coefficient (Wildman–Crippen LogP) is 6.80. The van der Waals surface area contributed by atoms with Crippen molar-refractivity contribution in [3.63, 3.8) is 0 Å². The van der Waals surface area contributed by atoms with Crippen molar-refractivity contribution in [3.8, 4) is 0 Å². The maximum Gasteiger partial charge on any atom is -0.0392 e. The van der Waals surface area contributed by atoms with Crippen molar-refractivity contribution in [2.24, 2.45) is 0 Å². The molecule has 0 saturated carbocycles. The molecule has 0 heterocycles. The van der Waals surface area contributed by atoms with Crippen molar-refractivity contribution >= 4 is 0 Å². The van der Waals surface area contributed by atoms with Gasteiger partial charge in [-0.05, 0) is 76.3 Å². The van der Waals surface area contributed by atoms with Crippen molar-refractivity contribution in [2.75, 3.05) is 0 Å². The van der Waals surface area contributed by atoms with Gasteiger partial charge in [-0.2, -0.15) is 0 Å². The van der Waals surface area contributed by atoms with E-state index in [9.17, 15) is 0 Å². The topological polar surface area (TPSA) is 0 Å². The van der Waals surface area contributed by atoms with E-state index in [1.807, 2.05) is 0 Å². The molecule has 0 aliphatic heterocycles. The molecule has 2 aromatic carbocycles. The molecule has 0 aromatic heterocycles. The van der Waals surface area contributed by atoms with Crippen LogP contribution in [0.1, 0.15) is 53.8 Å². The molecule has 0 fully saturated rings. The van der Waals surface area contributed by atoms with Crippen LogP contribution in [0.25, 0.3) is 0 Å². The largest absolute Gasteiger partial charge is 0.0776 e. The van der Waals surface area contributed by atoms with Crippen LogP contribution in [-0.4, -0.2) is 0 Å². The first-order valence-electron chi connectivity index (χ1n) is 6.89. The van der Waals surface area contributed by atoms with Gasteiger partial charge in [-0.3, -0.25) is 0 Å². The zero-order chi connectivity index (χ0) is 14.6. The molecule has 0 spiro atoms. The molecular formula is C21H34. The van der Waals surface area contributed by atoms with Gasteiger partial charge in [0.2, 0.25) is 0 Å². The van der Waals surface area contributed by atoms with Crippen LogP contribution in [0.15, 0.2) is 30.3 Å². The van der Waals surface area contributed by atoms with Crippen LogP contribution in [0.4, 0.5) is 0 Å². The lowest BCUT2D eigenvalue weighted by Crippen LogP contribution is -1.86. The first-order chi connectivity index (χ1) is 8.81. The standard InChI is InChI=1S/C10H14.C9H12.2CH4/c1-7-5-8(2)10(4)9(3)6-7;1-7-4-5-8(2)9(3)6-7;;/h5-6H,1-4H3;4-6H,1-3H3;2*1H4. The molecule has 0 aliphatic rings. The molecule has 0 nitrogen and oxygen atoms in total. The van der Waals surface area contributed by atoms with Crippen LogP contribution in [0.2, 0.25) is 0 Å². The van der Waals surface area contributed by atoms with E-state index in [0.29, 0.717) is 0 Å². The predicted molar refractivity (Wildman–Crippen MR) is 99.5 cm³/mol. The second kappa shape index (κ2) is 9.39. The lowest BCUT2D eigenvalue weighted by atomic mass is 10.0. The summed E-state index contributed by atoms with van der Waals surface area (Å²) in [5.74, 6) is 0. The summed E-state index contributed by atoms with van der Waals surface area (Å²) in [6, 6.07) is 11.0. The van der Waals surface area contributed by atoms with Crippen LogP contribution >= 0.6 is 0 Å². The highest BCUT2D eigenvalue weighted by Crippen LogP contribution is 2.14. The second-order valence-electron chi connectivity index (χ2n) is 5.61. The molecule has 0 bridgehead atoms. The van der Waals surface area contributed by atoms with Crippen molar-refractivity contribution in [2.45, 2.75) is 63.3 Å². The number of hydrogen-bond acceptors (Lipinski definition) is 0. The molecule has 2 rings (SSSR count). The Morgan fingerprint density at radius 3 is 1.29 bits per heavy atom. The quantitative estimate of drug-likeness (QED) is 0.499. The van der Waals surface area contributed by atoms with Gasteiger partial charge in [0.25, 0.3) is 0 Å². The first-order valence-corrected chi connectivity index (χ1v) is 6.89. The molecule has 0 radical (unpaired) electrons. The zero-order valence-electron chi connectivity index (χ0n) is 13.4. The maximum atomic E-state index is 2.22. The van der Waals surface area contributed by atoms with Gasteiger partial charge in [-0.1, -0.05) is 56.3 Å². The van der Waals surface area contributed by atoms with Crippen LogP contribution in [0.5, 0.6) is 0 Å². The van der Waals surface area contributed by atoms with E-state index in [2.05, 4.69) is 78.8 Å². The Balaban J connectivity index is 0. The average molecular weight is 287 g/mol. The van der Waals surface area contributed by atoms with E-state index in [4.69, 9.17) is 0 Å². The van der Waals surface area contributed by atoms with Crippen molar-refractivity contribution in [3.05, 3.63) is 69.3 Å². The van der Waals surface area contributed by atoms with Gasteiger partial charge in [0.1, 0.15) is 0 Å². The average Bonchev–Trinajstić information content (AvgIpc) is 2.32. The fourth-order valence-corrected chi connectivity index (χ4v) is 2.14. The minimum absolute atomic E-state index is 0. The SMILES string of the molecule is C.C.Cc1cc(C)c(C)c(C)c1.Cc1ccc(C)c(C)c1. The first kappa shape index (κ1) is 21.7. The molecule has 0 heteroatoms. The van der Waals surface area contributed by atoms with Gasteiger partial charge in [0.15, 0.2) is 0 Å². The summed E-state index contributed by atoms with van der Waals surface area (Å²) in [5, 5.41) is 0. The molecule has 118 valence electrons. The van der Waals surface area contributed by atoms with Crippen molar-refractivity contribution in [1.82, 2.24) is 0 Å². The van der Waals surface area contributed by atoms with E-state index in [0.717, 1.165) is 0 Å². The van der Waals surface area contributed by atoms with Gasteiger partial charge in [0.05, 0.1) is 0 Å². The molecular weight excluding hydrogens is 252 g/mol.